The fourth-order valence-electron chi connectivity index (χ4n) is 3.56. The molecule has 162 valence electrons. The first kappa shape index (κ1) is 22.2. The van der Waals surface area contributed by atoms with Crippen LogP contribution in [0.2, 0.25) is 0 Å². The Bertz CT molecular complexity index is 995. The molecule has 1 atom stereocenters. The number of piperidine rings is 1. The van der Waals surface area contributed by atoms with Crippen LogP contribution in [0.15, 0.2) is 41.3 Å². The van der Waals surface area contributed by atoms with Crippen molar-refractivity contribution in [3.63, 3.8) is 0 Å². The Labute approximate surface area is 178 Å². The number of sulfonamides is 1. The van der Waals surface area contributed by atoms with Gasteiger partial charge >= 0.3 is 0 Å². The van der Waals surface area contributed by atoms with E-state index < -0.39 is 10.0 Å². The van der Waals surface area contributed by atoms with Crippen LogP contribution < -0.4 is 4.90 Å². The number of carbonyl (C=O) groups excluding carboxylic acids is 1. The van der Waals surface area contributed by atoms with Crippen molar-refractivity contribution in [1.82, 2.24) is 19.2 Å². The molecule has 9 heteroatoms. The molecule has 0 radical (unpaired) electrons. The first-order valence-electron chi connectivity index (χ1n) is 10.0. The average Bonchev–Trinajstić information content (AvgIpc) is 2.74. The van der Waals surface area contributed by atoms with Crippen LogP contribution in [0.25, 0.3) is 0 Å². The average molecular weight is 432 g/mol. The van der Waals surface area contributed by atoms with Crippen molar-refractivity contribution in [2.24, 2.45) is 0 Å². The third kappa shape index (κ3) is 4.96. The molecule has 8 nitrogen and oxygen atoms in total. The molecule has 1 aliphatic heterocycles. The first-order chi connectivity index (χ1) is 14.2. The fourth-order valence-corrected chi connectivity index (χ4v) is 4.72. The van der Waals surface area contributed by atoms with E-state index in [1.165, 1.54) is 4.31 Å². The second-order valence-electron chi connectivity index (χ2n) is 7.85. The maximum Gasteiger partial charge on any atom is 0.243 e. The lowest BCUT2D eigenvalue weighted by atomic mass is 9.97. The van der Waals surface area contributed by atoms with Crippen LogP contribution in [0.4, 0.5) is 5.82 Å². The lowest BCUT2D eigenvalue weighted by Crippen LogP contribution is -2.38. The molecule has 1 aromatic carbocycles. The van der Waals surface area contributed by atoms with Crippen LogP contribution in [0, 0.1) is 0 Å². The van der Waals surface area contributed by atoms with Gasteiger partial charge < -0.3 is 9.80 Å². The highest BCUT2D eigenvalue weighted by atomic mass is 32.2. The molecule has 0 aliphatic carbocycles. The zero-order valence-corrected chi connectivity index (χ0v) is 18.8. The molecule has 1 amide bonds. The normalized spacial score (nSPS) is 17.2. The molecule has 0 bridgehead atoms. The van der Waals surface area contributed by atoms with Crippen LogP contribution in [-0.4, -0.2) is 67.7 Å². The predicted octanol–water partition coefficient (Wildman–Crippen LogP) is 2.09. The Morgan fingerprint density at radius 2 is 1.87 bits per heavy atom. The standard InChI is InChI=1S/C21H29N5O3S/c1-16(27)26-12-8-9-17(14-26)21-22-18(13-20(23-21)24(2)3)15-25(4)30(28,29)19-10-6-5-7-11-19/h5-7,10-11,13,17H,8-9,12,14-15H2,1-4H3/t17-/m1/s1. The van der Waals surface area contributed by atoms with E-state index >= 15 is 0 Å². The number of hydrogen-bond acceptors (Lipinski definition) is 6. The molecule has 1 aromatic heterocycles. The van der Waals surface area contributed by atoms with Gasteiger partial charge in [0.2, 0.25) is 15.9 Å². The van der Waals surface area contributed by atoms with Crippen LogP contribution in [0.1, 0.15) is 37.2 Å². The third-order valence-electron chi connectivity index (χ3n) is 5.31. The quantitative estimate of drug-likeness (QED) is 0.696. The van der Waals surface area contributed by atoms with E-state index in [9.17, 15) is 13.2 Å². The van der Waals surface area contributed by atoms with Gasteiger partial charge in [-0.2, -0.15) is 4.31 Å². The van der Waals surface area contributed by atoms with Crippen molar-refractivity contribution in [3.05, 3.63) is 47.9 Å². The van der Waals surface area contributed by atoms with E-state index in [-0.39, 0.29) is 23.3 Å². The maximum absolute atomic E-state index is 12.9. The molecule has 0 unspecified atom stereocenters. The summed E-state index contributed by atoms with van der Waals surface area (Å²) < 4.78 is 27.1. The number of hydrogen-bond donors (Lipinski definition) is 0. The topological polar surface area (TPSA) is 86.7 Å². The second-order valence-corrected chi connectivity index (χ2v) is 9.89. The Morgan fingerprint density at radius 1 is 1.17 bits per heavy atom. The minimum absolute atomic E-state index is 0.0392. The molecule has 2 aromatic rings. The van der Waals surface area contributed by atoms with Gasteiger partial charge in [0.1, 0.15) is 11.6 Å². The molecule has 30 heavy (non-hydrogen) atoms. The zero-order chi connectivity index (χ0) is 21.9. The van der Waals surface area contributed by atoms with E-state index in [0.29, 0.717) is 18.1 Å². The van der Waals surface area contributed by atoms with E-state index in [0.717, 1.165) is 25.2 Å². The molecule has 0 saturated carbocycles. The molecule has 0 spiro atoms. The summed E-state index contributed by atoms with van der Waals surface area (Å²) in [5, 5.41) is 0. The van der Waals surface area contributed by atoms with E-state index in [1.807, 2.05) is 30.0 Å². The first-order valence-corrected chi connectivity index (χ1v) is 11.4. The number of amides is 1. The minimum atomic E-state index is -3.62. The van der Waals surface area contributed by atoms with Crippen molar-refractivity contribution in [2.75, 3.05) is 39.1 Å². The van der Waals surface area contributed by atoms with E-state index in [2.05, 4.69) is 4.98 Å². The van der Waals surface area contributed by atoms with Crippen molar-refractivity contribution < 1.29 is 13.2 Å². The second kappa shape index (κ2) is 9.09. The highest BCUT2D eigenvalue weighted by Crippen LogP contribution is 2.27. The lowest BCUT2D eigenvalue weighted by Gasteiger charge is -2.31. The van der Waals surface area contributed by atoms with Crippen LogP contribution >= 0.6 is 0 Å². The largest absolute Gasteiger partial charge is 0.363 e. The number of aromatic nitrogens is 2. The number of rotatable bonds is 6. The molecule has 1 aliphatic rings. The van der Waals surface area contributed by atoms with Crippen LogP contribution in [-0.2, 0) is 21.4 Å². The summed E-state index contributed by atoms with van der Waals surface area (Å²) in [6.45, 7) is 3.05. The van der Waals surface area contributed by atoms with Crippen LogP contribution in [0.5, 0.6) is 0 Å². The molecule has 1 fully saturated rings. The Morgan fingerprint density at radius 3 is 2.50 bits per heavy atom. The highest BCUT2D eigenvalue weighted by Gasteiger charge is 2.27. The smallest absolute Gasteiger partial charge is 0.243 e. The minimum Gasteiger partial charge on any atom is -0.363 e. The van der Waals surface area contributed by atoms with Gasteiger partial charge in [0.15, 0.2) is 0 Å². The van der Waals surface area contributed by atoms with E-state index in [4.69, 9.17) is 4.98 Å². The lowest BCUT2D eigenvalue weighted by molar-refractivity contribution is -0.130. The number of likely N-dealkylation sites (tertiary alicyclic amines) is 1. The monoisotopic (exact) mass is 431 g/mol. The van der Waals surface area contributed by atoms with Crippen molar-refractivity contribution in [2.45, 2.75) is 37.1 Å². The van der Waals surface area contributed by atoms with Gasteiger partial charge in [-0.05, 0) is 25.0 Å². The van der Waals surface area contributed by atoms with Gasteiger partial charge in [0.25, 0.3) is 0 Å². The summed E-state index contributed by atoms with van der Waals surface area (Å²) in [6.07, 6.45) is 1.80. The van der Waals surface area contributed by atoms with Crippen molar-refractivity contribution in [3.8, 4) is 0 Å². The predicted molar refractivity (Wildman–Crippen MR) is 116 cm³/mol. The number of nitrogens with zero attached hydrogens (tertiary/aromatic N) is 5. The van der Waals surface area contributed by atoms with Crippen molar-refractivity contribution in [1.29, 1.82) is 0 Å². The van der Waals surface area contributed by atoms with Crippen molar-refractivity contribution >= 4 is 21.7 Å². The van der Waals surface area contributed by atoms with Gasteiger partial charge in [0.05, 0.1) is 17.1 Å². The summed E-state index contributed by atoms with van der Waals surface area (Å²) in [5.41, 5.74) is 0.630. The number of anilines is 1. The SMILES string of the molecule is CC(=O)N1CCC[C@@H](c2nc(CN(C)S(=O)(=O)c3ccccc3)cc(N(C)C)n2)C1. The Kier molecular flexibility index (Phi) is 6.72. The molecule has 2 heterocycles. The Hall–Kier alpha value is -2.52. The summed E-state index contributed by atoms with van der Waals surface area (Å²) >= 11 is 0. The van der Waals surface area contributed by atoms with Crippen LogP contribution in [0.3, 0.4) is 0 Å². The fraction of sp³-hybridized carbons (Fsp3) is 0.476. The Balaban J connectivity index is 1.88. The summed E-state index contributed by atoms with van der Waals surface area (Å²) in [6, 6.07) is 10.2. The number of benzene rings is 1. The van der Waals surface area contributed by atoms with Gasteiger partial charge in [-0.15, -0.1) is 0 Å². The third-order valence-corrected chi connectivity index (χ3v) is 7.13. The maximum atomic E-state index is 12.9. The highest BCUT2D eigenvalue weighted by molar-refractivity contribution is 7.89. The molecular weight excluding hydrogens is 402 g/mol. The van der Waals surface area contributed by atoms with Gasteiger partial charge in [-0.1, -0.05) is 18.2 Å². The summed E-state index contributed by atoms with van der Waals surface area (Å²) in [5.74, 6) is 1.47. The van der Waals surface area contributed by atoms with E-state index in [1.54, 1.807) is 44.3 Å². The van der Waals surface area contributed by atoms with Gasteiger partial charge in [-0.25, -0.2) is 18.4 Å². The number of carbonyl (C=O) groups is 1. The summed E-state index contributed by atoms with van der Waals surface area (Å²) in [4.78, 5) is 25.2. The van der Waals surface area contributed by atoms with Gasteiger partial charge in [0, 0.05) is 53.1 Å². The summed E-state index contributed by atoms with van der Waals surface area (Å²) in [7, 11) is 1.72. The molecular formula is C21H29N5O3S. The van der Waals surface area contributed by atoms with Gasteiger partial charge in [-0.3, -0.25) is 4.79 Å². The zero-order valence-electron chi connectivity index (χ0n) is 17.9. The molecule has 1 saturated heterocycles. The molecule has 0 N–H and O–H groups in total. The molecule has 3 rings (SSSR count).